The molecule has 2 aliphatic carbocycles. The van der Waals surface area contributed by atoms with Gasteiger partial charge in [0.25, 0.3) is 0 Å². The van der Waals surface area contributed by atoms with E-state index in [9.17, 15) is 20.1 Å². The van der Waals surface area contributed by atoms with Crippen LogP contribution in [0.2, 0.25) is 0 Å². The Labute approximate surface area is 138 Å². The van der Waals surface area contributed by atoms with Gasteiger partial charge in [-0.15, -0.1) is 0 Å². The van der Waals surface area contributed by atoms with Crippen LogP contribution in [0, 0.1) is 6.92 Å². The molecule has 0 unspecified atom stereocenters. The third kappa shape index (κ3) is 1.76. The molecule has 5 nitrogen and oxygen atoms in total. The third-order valence-electron chi connectivity index (χ3n) is 5.33. The van der Waals surface area contributed by atoms with Crippen LogP contribution in [-0.2, 0) is 0 Å². The van der Waals surface area contributed by atoms with Gasteiger partial charge in [0, 0.05) is 11.5 Å². The number of carbonyl (C=O) groups excluding carboxylic acids is 1. The molecule has 1 heterocycles. The highest BCUT2D eigenvalue weighted by molar-refractivity contribution is 6.14. The van der Waals surface area contributed by atoms with Crippen molar-refractivity contribution in [2.45, 2.75) is 39.2 Å². The van der Waals surface area contributed by atoms with Crippen molar-refractivity contribution in [1.29, 1.82) is 0 Å². The molecule has 124 valence electrons. The molecule has 1 aromatic carbocycles. The zero-order valence-corrected chi connectivity index (χ0v) is 13.7. The minimum absolute atomic E-state index is 0.106. The number of hydrogen-bond acceptors (Lipinski definition) is 5. The Morgan fingerprint density at radius 2 is 1.88 bits per heavy atom. The van der Waals surface area contributed by atoms with Crippen molar-refractivity contribution in [3.05, 3.63) is 45.7 Å². The largest absolute Gasteiger partial charge is 0.506 e. The summed E-state index contributed by atoms with van der Waals surface area (Å²) in [6.07, 6.45) is 1.21. The van der Waals surface area contributed by atoms with Gasteiger partial charge in [-0.05, 0) is 56.1 Å². The molecule has 24 heavy (non-hydrogen) atoms. The fourth-order valence-corrected chi connectivity index (χ4v) is 3.92. The summed E-state index contributed by atoms with van der Waals surface area (Å²) in [5, 5.41) is 32.0. The molecule has 0 amide bonds. The van der Waals surface area contributed by atoms with Gasteiger partial charge in [0.2, 0.25) is 0 Å². The smallest absolute Gasteiger partial charge is 0.190 e. The maximum atomic E-state index is 12.6. The van der Waals surface area contributed by atoms with E-state index in [0.717, 1.165) is 16.7 Å². The maximum absolute atomic E-state index is 12.6. The van der Waals surface area contributed by atoms with Gasteiger partial charge in [-0.25, -0.2) is 0 Å². The minimum atomic E-state index is -0.649. The number of aliphatic hydroxyl groups excluding tert-OH is 1. The lowest BCUT2D eigenvalue weighted by atomic mass is 9.70. The van der Waals surface area contributed by atoms with Crippen molar-refractivity contribution in [3.8, 4) is 11.5 Å². The predicted octanol–water partition coefficient (Wildman–Crippen LogP) is 3.46. The number of benzene rings is 1. The molecule has 2 atom stereocenters. The molecule has 0 aliphatic heterocycles. The number of aromatic hydroxyl groups is 2. The van der Waals surface area contributed by atoms with E-state index in [2.05, 4.69) is 0 Å². The molecule has 0 fully saturated rings. The zero-order chi connectivity index (χ0) is 17.3. The monoisotopic (exact) mass is 326 g/mol. The van der Waals surface area contributed by atoms with Crippen LogP contribution in [0.3, 0.4) is 0 Å². The molecule has 0 saturated heterocycles. The molecule has 0 radical (unpaired) electrons. The van der Waals surface area contributed by atoms with E-state index in [1.807, 2.05) is 13.8 Å². The van der Waals surface area contributed by atoms with Crippen molar-refractivity contribution in [3.63, 3.8) is 0 Å². The van der Waals surface area contributed by atoms with Gasteiger partial charge in [0.15, 0.2) is 17.1 Å². The van der Waals surface area contributed by atoms with Gasteiger partial charge < -0.3 is 19.7 Å². The van der Waals surface area contributed by atoms with E-state index < -0.39 is 6.10 Å². The average Bonchev–Trinajstić information content (AvgIpc) is 2.93. The third-order valence-corrected chi connectivity index (χ3v) is 5.33. The highest BCUT2D eigenvalue weighted by Crippen LogP contribution is 2.52. The number of carbonyl (C=O) groups is 1. The van der Waals surface area contributed by atoms with E-state index in [0.29, 0.717) is 23.1 Å². The Balaban J connectivity index is 2.08. The Kier molecular flexibility index (Phi) is 2.97. The Morgan fingerprint density at radius 1 is 1.17 bits per heavy atom. The van der Waals surface area contributed by atoms with Gasteiger partial charge >= 0.3 is 0 Å². The molecule has 0 spiro atoms. The van der Waals surface area contributed by atoms with E-state index >= 15 is 0 Å². The van der Waals surface area contributed by atoms with Crippen LogP contribution in [0.25, 0.3) is 11.0 Å². The second-order valence-corrected chi connectivity index (χ2v) is 6.66. The summed E-state index contributed by atoms with van der Waals surface area (Å²) >= 11 is 0. The first-order valence-electron chi connectivity index (χ1n) is 7.91. The van der Waals surface area contributed by atoms with E-state index in [4.69, 9.17) is 4.42 Å². The van der Waals surface area contributed by atoms with Gasteiger partial charge in [-0.2, -0.15) is 0 Å². The van der Waals surface area contributed by atoms with Crippen LogP contribution in [0.4, 0.5) is 0 Å². The SMILES string of the molecule is CC1=C(C)[C@H](O)C[C@@H]2C1=CC(=O)c1c2c(O)c2oc(C)cc2c1O. The van der Waals surface area contributed by atoms with E-state index in [1.165, 1.54) is 6.08 Å². The fourth-order valence-electron chi connectivity index (χ4n) is 3.92. The highest BCUT2D eigenvalue weighted by Gasteiger charge is 2.39. The van der Waals surface area contributed by atoms with Crippen molar-refractivity contribution in [2.24, 2.45) is 0 Å². The molecule has 0 saturated carbocycles. The van der Waals surface area contributed by atoms with Crippen molar-refractivity contribution < 1.29 is 24.5 Å². The fraction of sp³-hybridized carbons (Fsp3) is 0.316. The van der Waals surface area contributed by atoms with E-state index in [1.54, 1.807) is 13.0 Å². The highest BCUT2D eigenvalue weighted by atomic mass is 16.4. The molecule has 1 aromatic heterocycles. The zero-order valence-electron chi connectivity index (χ0n) is 13.7. The Bertz CT molecular complexity index is 974. The number of phenols is 2. The van der Waals surface area contributed by atoms with Crippen molar-refractivity contribution in [1.82, 2.24) is 0 Å². The number of aryl methyl sites for hydroxylation is 1. The molecule has 5 heteroatoms. The summed E-state index contributed by atoms with van der Waals surface area (Å²) in [4.78, 5) is 12.6. The summed E-state index contributed by atoms with van der Waals surface area (Å²) in [7, 11) is 0. The topological polar surface area (TPSA) is 90.9 Å². The van der Waals surface area contributed by atoms with E-state index in [-0.39, 0.29) is 34.3 Å². The van der Waals surface area contributed by atoms with Gasteiger partial charge in [0.05, 0.1) is 17.1 Å². The molecular weight excluding hydrogens is 308 g/mol. The second-order valence-electron chi connectivity index (χ2n) is 6.66. The molecular formula is C19H18O5. The normalized spacial score (nSPS) is 23.3. The lowest BCUT2D eigenvalue weighted by Crippen LogP contribution is -2.27. The number of ketones is 1. The van der Waals surface area contributed by atoms with Crippen LogP contribution in [-0.4, -0.2) is 27.2 Å². The summed E-state index contributed by atoms with van der Waals surface area (Å²) in [5.74, 6) is -0.456. The Morgan fingerprint density at radius 3 is 2.58 bits per heavy atom. The van der Waals surface area contributed by atoms with Crippen molar-refractivity contribution >= 4 is 16.8 Å². The maximum Gasteiger partial charge on any atom is 0.190 e. The van der Waals surface area contributed by atoms with Crippen LogP contribution >= 0.6 is 0 Å². The molecule has 3 N–H and O–H groups in total. The predicted molar refractivity (Wildman–Crippen MR) is 88.4 cm³/mol. The first kappa shape index (κ1) is 15.0. The summed E-state index contributed by atoms with van der Waals surface area (Å²) < 4.78 is 5.52. The minimum Gasteiger partial charge on any atom is -0.506 e. The Hall–Kier alpha value is -2.53. The van der Waals surface area contributed by atoms with Gasteiger partial charge in [-0.1, -0.05) is 0 Å². The molecule has 2 aliphatic rings. The first-order valence-corrected chi connectivity index (χ1v) is 7.91. The number of hydrogen-bond donors (Lipinski definition) is 3. The van der Waals surface area contributed by atoms with Crippen LogP contribution in [0.1, 0.15) is 47.9 Å². The number of phenolic OH excluding ortho intramolecular Hbond substituents is 2. The number of rotatable bonds is 0. The molecule has 4 rings (SSSR count). The number of aliphatic hydroxyl groups is 1. The van der Waals surface area contributed by atoms with Crippen molar-refractivity contribution in [2.75, 3.05) is 0 Å². The lowest BCUT2D eigenvalue weighted by Gasteiger charge is -2.35. The van der Waals surface area contributed by atoms with Gasteiger partial charge in [0.1, 0.15) is 11.5 Å². The van der Waals surface area contributed by atoms with Crippen LogP contribution in [0.15, 0.2) is 33.3 Å². The summed E-state index contributed by atoms with van der Waals surface area (Å²) in [6, 6.07) is 1.60. The van der Waals surface area contributed by atoms with Gasteiger partial charge in [-0.3, -0.25) is 4.79 Å². The first-order chi connectivity index (χ1) is 11.3. The number of allylic oxidation sites excluding steroid dienone is 3. The van der Waals surface area contributed by atoms with Crippen LogP contribution in [0.5, 0.6) is 11.5 Å². The lowest BCUT2D eigenvalue weighted by molar-refractivity contribution is 0.103. The second kappa shape index (κ2) is 4.74. The quantitative estimate of drug-likeness (QED) is 0.645. The molecule has 0 bridgehead atoms. The summed E-state index contributed by atoms with van der Waals surface area (Å²) in [5.41, 5.74) is 3.10. The number of furan rings is 1. The molecule has 2 aromatic rings. The standard InChI is InChI=1S/C19H18O5/c1-7-4-12-17(22)16-14(21)5-10-8(2)9(3)13(20)6-11(10)15(16)18(23)19(12)24-7/h4-5,11,13,20,22-23H,6H2,1-3H3/t11-,13-/m1/s1. The number of fused-ring (bicyclic) bond motifs is 4. The van der Waals surface area contributed by atoms with Crippen LogP contribution < -0.4 is 0 Å². The average molecular weight is 326 g/mol. The summed E-state index contributed by atoms with van der Waals surface area (Å²) in [6.45, 7) is 5.42.